The number of aromatic nitrogens is 1. The molecule has 0 aliphatic heterocycles. The lowest BCUT2D eigenvalue weighted by Gasteiger charge is -2.09. The first kappa shape index (κ1) is 18.4. The van der Waals surface area contributed by atoms with Gasteiger partial charge in [-0.05, 0) is 12.1 Å². The summed E-state index contributed by atoms with van der Waals surface area (Å²) in [6.45, 7) is 0. The van der Waals surface area contributed by atoms with E-state index < -0.39 is 25.3 Å². The standard InChI is InChI=1S/C18H13NO7S2/c1-27(21,22)14-9-25-16-13(14)6-12-11(10-4-3-5-19-8-10)7-15(20)26-17(12)18(16)28(2,23)24/h3-9H,1-2H3. The number of rotatable bonds is 3. The van der Waals surface area contributed by atoms with Crippen LogP contribution in [-0.4, -0.2) is 34.3 Å². The Kier molecular flexibility index (Phi) is 3.95. The van der Waals surface area contributed by atoms with Gasteiger partial charge in [0, 0.05) is 52.9 Å². The van der Waals surface area contributed by atoms with Crippen LogP contribution in [-0.2, 0) is 19.7 Å². The predicted molar refractivity (Wildman–Crippen MR) is 102 cm³/mol. The Bertz CT molecular complexity index is 1510. The molecule has 0 atom stereocenters. The van der Waals surface area contributed by atoms with Crippen molar-refractivity contribution in [2.45, 2.75) is 9.79 Å². The molecule has 4 rings (SSSR count). The van der Waals surface area contributed by atoms with Gasteiger partial charge in [0.15, 0.2) is 35.7 Å². The third kappa shape index (κ3) is 2.90. The summed E-state index contributed by atoms with van der Waals surface area (Å²) in [6, 6.07) is 6.01. The van der Waals surface area contributed by atoms with Crippen molar-refractivity contribution in [3.63, 3.8) is 0 Å². The maximum absolute atomic E-state index is 12.5. The van der Waals surface area contributed by atoms with Gasteiger partial charge in [0.1, 0.15) is 11.2 Å². The van der Waals surface area contributed by atoms with Crippen molar-refractivity contribution < 1.29 is 25.7 Å². The molecule has 0 aliphatic carbocycles. The smallest absolute Gasteiger partial charge is 0.336 e. The highest BCUT2D eigenvalue weighted by Crippen LogP contribution is 2.39. The van der Waals surface area contributed by atoms with E-state index >= 15 is 0 Å². The number of hydrogen-bond acceptors (Lipinski definition) is 8. The zero-order valence-electron chi connectivity index (χ0n) is 14.7. The molecule has 1 aromatic carbocycles. The van der Waals surface area contributed by atoms with Gasteiger partial charge < -0.3 is 8.83 Å². The molecule has 0 radical (unpaired) electrons. The van der Waals surface area contributed by atoms with Gasteiger partial charge in [-0.1, -0.05) is 6.07 Å². The van der Waals surface area contributed by atoms with Crippen LogP contribution in [0, 0.1) is 0 Å². The topological polar surface area (TPSA) is 125 Å². The molecule has 0 amide bonds. The van der Waals surface area contributed by atoms with Crippen molar-refractivity contribution in [1.82, 2.24) is 4.98 Å². The normalized spacial score (nSPS) is 12.6. The van der Waals surface area contributed by atoms with E-state index in [1.165, 1.54) is 18.3 Å². The largest absolute Gasteiger partial charge is 0.461 e. The average molecular weight is 419 g/mol. The van der Waals surface area contributed by atoms with Gasteiger partial charge in [-0.15, -0.1) is 0 Å². The fourth-order valence-electron chi connectivity index (χ4n) is 3.11. The number of fused-ring (bicyclic) bond motifs is 2. The monoisotopic (exact) mass is 419 g/mol. The molecule has 0 bridgehead atoms. The summed E-state index contributed by atoms with van der Waals surface area (Å²) in [7, 11) is -7.64. The maximum Gasteiger partial charge on any atom is 0.336 e. The van der Waals surface area contributed by atoms with Gasteiger partial charge in [0.25, 0.3) is 0 Å². The summed E-state index contributed by atoms with van der Waals surface area (Å²) in [5.74, 6) is 0. The van der Waals surface area contributed by atoms with Crippen LogP contribution in [0.4, 0.5) is 0 Å². The highest BCUT2D eigenvalue weighted by atomic mass is 32.2. The predicted octanol–water partition coefficient (Wildman–Crippen LogP) is 2.41. The van der Waals surface area contributed by atoms with Crippen LogP contribution in [0.5, 0.6) is 0 Å². The molecule has 0 spiro atoms. The third-order valence-electron chi connectivity index (χ3n) is 4.24. The van der Waals surface area contributed by atoms with Gasteiger partial charge in [0.05, 0.1) is 0 Å². The van der Waals surface area contributed by atoms with E-state index in [1.807, 2.05) is 0 Å². The van der Waals surface area contributed by atoms with Crippen LogP contribution in [0.1, 0.15) is 0 Å². The summed E-state index contributed by atoms with van der Waals surface area (Å²) in [5, 5.41) is 0.348. The molecule has 28 heavy (non-hydrogen) atoms. The molecule has 10 heteroatoms. The second kappa shape index (κ2) is 6.01. The highest BCUT2D eigenvalue weighted by Gasteiger charge is 2.27. The number of benzene rings is 1. The minimum absolute atomic E-state index is 0.0921. The minimum atomic E-state index is -3.94. The van der Waals surface area contributed by atoms with E-state index in [-0.39, 0.29) is 31.7 Å². The Labute approximate surface area is 159 Å². The summed E-state index contributed by atoms with van der Waals surface area (Å²) in [6.07, 6.45) is 5.96. The van der Waals surface area contributed by atoms with Crippen molar-refractivity contribution in [2.75, 3.05) is 12.5 Å². The third-order valence-corrected chi connectivity index (χ3v) is 6.46. The van der Waals surface area contributed by atoms with E-state index in [1.54, 1.807) is 18.3 Å². The molecule has 0 aliphatic rings. The number of sulfone groups is 2. The van der Waals surface area contributed by atoms with Gasteiger partial charge in [-0.2, -0.15) is 0 Å². The van der Waals surface area contributed by atoms with Crippen LogP contribution < -0.4 is 5.63 Å². The molecular formula is C18H13NO7S2. The molecule has 4 aromatic rings. The minimum Gasteiger partial charge on any atom is -0.461 e. The van der Waals surface area contributed by atoms with E-state index in [0.717, 1.165) is 18.8 Å². The van der Waals surface area contributed by atoms with E-state index in [4.69, 9.17) is 8.83 Å². The molecule has 0 saturated carbocycles. The molecule has 8 nitrogen and oxygen atoms in total. The first-order chi connectivity index (χ1) is 13.1. The van der Waals surface area contributed by atoms with Crippen molar-refractivity contribution >= 4 is 41.6 Å². The van der Waals surface area contributed by atoms with Gasteiger partial charge in [0.2, 0.25) is 0 Å². The number of nitrogens with zero attached hydrogens (tertiary/aromatic N) is 1. The van der Waals surface area contributed by atoms with Crippen molar-refractivity contribution in [3.8, 4) is 11.1 Å². The van der Waals surface area contributed by atoms with Crippen molar-refractivity contribution in [2.24, 2.45) is 0 Å². The van der Waals surface area contributed by atoms with E-state index in [2.05, 4.69) is 4.98 Å². The summed E-state index contributed by atoms with van der Waals surface area (Å²) < 4.78 is 59.7. The molecule has 0 N–H and O–H groups in total. The lowest BCUT2D eigenvalue weighted by atomic mass is 10.0. The first-order valence-electron chi connectivity index (χ1n) is 7.90. The quantitative estimate of drug-likeness (QED) is 0.464. The van der Waals surface area contributed by atoms with Crippen LogP contribution in [0.3, 0.4) is 0 Å². The maximum atomic E-state index is 12.5. The highest BCUT2D eigenvalue weighted by molar-refractivity contribution is 7.91. The zero-order chi connectivity index (χ0) is 20.3. The second-order valence-electron chi connectivity index (χ2n) is 6.32. The number of hydrogen-bond donors (Lipinski definition) is 0. The average Bonchev–Trinajstić information content (AvgIpc) is 3.02. The molecule has 144 valence electrons. The van der Waals surface area contributed by atoms with Crippen LogP contribution in [0.2, 0.25) is 0 Å². The number of pyridine rings is 1. The fourth-order valence-corrected chi connectivity index (χ4v) is 4.87. The molecule has 0 unspecified atom stereocenters. The summed E-state index contributed by atoms with van der Waals surface area (Å²) in [4.78, 5) is 15.6. The second-order valence-corrected chi connectivity index (χ2v) is 10.3. The fraction of sp³-hybridized carbons (Fsp3) is 0.111. The summed E-state index contributed by atoms with van der Waals surface area (Å²) in [5.41, 5.74) is -0.224. The van der Waals surface area contributed by atoms with Gasteiger partial charge in [-0.25, -0.2) is 21.6 Å². The van der Waals surface area contributed by atoms with E-state index in [0.29, 0.717) is 11.1 Å². The van der Waals surface area contributed by atoms with Crippen molar-refractivity contribution in [3.05, 3.63) is 53.3 Å². The van der Waals surface area contributed by atoms with E-state index in [9.17, 15) is 21.6 Å². The first-order valence-corrected chi connectivity index (χ1v) is 11.7. The Morgan fingerprint density at radius 3 is 2.32 bits per heavy atom. The van der Waals surface area contributed by atoms with Crippen LogP contribution in [0.25, 0.3) is 33.1 Å². The number of furan rings is 1. The molecule has 0 saturated heterocycles. The summed E-state index contributed by atoms with van der Waals surface area (Å²) >= 11 is 0. The lowest BCUT2D eigenvalue weighted by Crippen LogP contribution is -2.05. The SMILES string of the molecule is CS(=O)(=O)c1coc2c(S(C)(=O)=O)c3oc(=O)cc(-c4cccnc4)c3cc12. The van der Waals surface area contributed by atoms with Gasteiger partial charge in [-0.3, -0.25) is 4.98 Å². The molecule has 3 heterocycles. The Morgan fingerprint density at radius 2 is 1.71 bits per heavy atom. The van der Waals surface area contributed by atoms with Crippen LogP contribution in [0.15, 0.2) is 66.3 Å². The molecular weight excluding hydrogens is 406 g/mol. The lowest BCUT2D eigenvalue weighted by molar-refractivity contribution is 0.544. The van der Waals surface area contributed by atoms with Crippen molar-refractivity contribution in [1.29, 1.82) is 0 Å². The van der Waals surface area contributed by atoms with Crippen LogP contribution >= 0.6 is 0 Å². The Balaban J connectivity index is 2.32. The van der Waals surface area contributed by atoms with Gasteiger partial charge >= 0.3 is 5.63 Å². The zero-order valence-corrected chi connectivity index (χ0v) is 16.3. The Morgan fingerprint density at radius 1 is 0.964 bits per heavy atom. The molecule has 3 aromatic heterocycles. The Hall–Kier alpha value is -2.98. The molecule has 0 fully saturated rings.